The van der Waals surface area contributed by atoms with Crippen molar-refractivity contribution in [2.24, 2.45) is 0 Å². The number of carbonyl (C=O) groups is 1. The summed E-state index contributed by atoms with van der Waals surface area (Å²) in [4.78, 5) is 13.5. The Bertz CT molecular complexity index is 206. The van der Waals surface area contributed by atoms with Crippen LogP contribution < -0.4 is 0 Å². The van der Waals surface area contributed by atoms with Crippen LogP contribution in [0.2, 0.25) is 0 Å². The highest BCUT2D eigenvalue weighted by molar-refractivity contribution is 5.76. The standard InChI is InChI=1S/C13H25NO2/c1-2-3-4-5-6-7-8-13(16)14-10-9-12(15)11-14/h12,15H,2-11H2,1H3. The van der Waals surface area contributed by atoms with Gasteiger partial charge in [0.25, 0.3) is 0 Å². The number of aliphatic hydroxyl groups is 1. The molecule has 0 aromatic rings. The van der Waals surface area contributed by atoms with Crippen molar-refractivity contribution in [3.63, 3.8) is 0 Å². The van der Waals surface area contributed by atoms with E-state index in [1.54, 1.807) is 4.90 Å². The van der Waals surface area contributed by atoms with Crippen LogP contribution >= 0.6 is 0 Å². The summed E-state index contributed by atoms with van der Waals surface area (Å²) < 4.78 is 0. The van der Waals surface area contributed by atoms with Crippen molar-refractivity contribution in [2.45, 2.75) is 64.4 Å². The highest BCUT2D eigenvalue weighted by Gasteiger charge is 2.23. The van der Waals surface area contributed by atoms with Gasteiger partial charge in [-0.25, -0.2) is 0 Å². The van der Waals surface area contributed by atoms with Crippen molar-refractivity contribution in [3.8, 4) is 0 Å². The first-order valence-electron chi connectivity index (χ1n) is 6.70. The zero-order valence-corrected chi connectivity index (χ0v) is 10.5. The molecular weight excluding hydrogens is 202 g/mol. The Kier molecular flexibility index (Phi) is 6.46. The van der Waals surface area contributed by atoms with Gasteiger partial charge >= 0.3 is 0 Å². The lowest BCUT2D eigenvalue weighted by atomic mass is 10.1. The molecule has 1 amide bonds. The van der Waals surface area contributed by atoms with Crippen molar-refractivity contribution in [1.82, 2.24) is 4.90 Å². The van der Waals surface area contributed by atoms with Crippen molar-refractivity contribution in [2.75, 3.05) is 13.1 Å². The molecule has 1 fully saturated rings. The number of hydrogen-bond donors (Lipinski definition) is 1. The van der Waals surface area contributed by atoms with E-state index in [0.29, 0.717) is 13.0 Å². The fourth-order valence-electron chi connectivity index (χ4n) is 2.18. The fourth-order valence-corrected chi connectivity index (χ4v) is 2.18. The van der Waals surface area contributed by atoms with Gasteiger partial charge in [0.15, 0.2) is 0 Å². The van der Waals surface area contributed by atoms with Crippen molar-refractivity contribution in [3.05, 3.63) is 0 Å². The Balaban J connectivity index is 1.98. The van der Waals surface area contributed by atoms with Crippen LogP contribution in [0, 0.1) is 0 Å². The number of rotatable bonds is 7. The van der Waals surface area contributed by atoms with Gasteiger partial charge in [-0.3, -0.25) is 4.79 Å². The van der Waals surface area contributed by atoms with Crippen LogP contribution in [-0.4, -0.2) is 35.1 Å². The first kappa shape index (κ1) is 13.5. The van der Waals surface area contributed by atoms with Crippen molar-refractivity contribution in [1.29, 1.82) is 0 Å². The first-order valence-corrected chi connectivity index (χ1v) is 6.70. The van der Waals surface area contributed by atoms with E-state index in [1.165, 1.54) is 32.1 Å². The normalized spacial score (nSPS) is 20.4. The number of nitrogens with zero attached hydrogens (tertiary/aromatic N) is 1. The van der Waals surface area contributed by atoms with Crippen LogP contribution in [0.5, 0.6) is 0 Å². The van der Waals surface area contributed by atoms with Crippen molar-refractivity contribution >= 4 is 5.91 Å². The van der Waals surface area contributed by atoms with E-state index in [4.69, 9.17) is 0 Å². The average molecular weight is 227 g/mol. The summed E-state index contributed by atoms with van der Waals surface area (Å²) in [5.41, 5.74) is 0. The number of unbranched alkanes of at least 4 members (excludes halogenated alkanes) is 5. The molecule has 1 aliphatic rings. The molecule has 94 valence electrons. The Morgan fingerprint density at radius 1 is 1.25 bits per heavy atom. The van der Waals surface area contributed by atoms with Gasteiger partial charge in [0.2, 0.25) is 5.91 Å². The lowest BCUT2D eigenvalue weighted by molar-refractivity contribution is -0.130. The molecule has 0 aromatic heterocycles. The largest absolute Gasteiger partial charge is 0.391 e. The van der Waals surface area contributed by atoms with E-state index in [2.05, 4.69) is 6.92 Å². The molecule has 0 saturated carbocycles. The number of amides is 1. The zero-order chi connectivity index (χ0) is 11.8. The lowest BCUT2D eigenvalue weighted by Crippen LogP contribution is -2.29. The Hall–Kier alpha value is -0.570. The Morgan fingerprint density at radius 3 is 2.56 bits per heavy atom. The minimum Gasteiger partial charge on any atom is -0.391 e. The van der Waals surface area contributed by atoms with E-state index in [1.807, 2.05) is 0 Å². The number of aliphatic hydroxyl groups excluding tert-OH is 1. The Labute approximate surface area is 98.8 Å². The van der Waals surface area contributed by atoms with Crippen molar-refractivity contribution < 1.29 is 9.90 Å². The fraction of sp³-hybridized carbons (Fsp3) is 0.923. The SMILES string of the molecule is CCCCCCCCC(=O)N1CCC(O)C1. The van der Waals surface area contributed by atoms with Gasteiger partial charge in [0, 0.05) is 19.5 Å². The molecule has 1 N–H and O–H groups in total. The molecule has 0 radical (unpaired) electrons. The maximum atomic E-state index is 11.7. The second-order valence-corrected chi connectivity index (χ2v) is 4.80. The molecule has 1 unspecified atom stereocenters. The number of β-amino-alcohol motifs (C(OH)–C–C–N with tert-alkyl or cyclic N) is 1. The Morgan fingerprint density at radius 2 is 1.94 bits per heavy atom. The number of hydrogen-bond acceptors (Lipinski definition) is 2. The van der Waals surface area contributed by atoms with Gasteiger partial charge < -0.3 is 10.0 Å². The van der Waals surface area contributed by atoms with Crippen LogP contribution in [0.15, 0.2) is 0 Å². The molecule has 0 aliphatic carbocycles. The molecular formula is C13H25NO2. The first-order chi connectivity index (χ1) is 7.74. The molecule has 1 aliphatic heterocycles. The van der Waals surface area contributed by atoms with Gasteiger partial charge in [-0.05, 0) is 12.8 Å². The molecule has 3 heteroatoms. The average Bonchev–Trinajstić information content (AvgIpc) is 2.70. The third-order valence-corrected chi connectivity index (χ3v) is 3.26. The smallest absolute Gasteiger partial charge is 0.222 e. The second kappa shape index (κ2) is 7.66. The van der Waals surface area contributed by atoms with Gasteiger partial charge in [-0.1, -0.05) is 39.0 Å². The lowest BCUT2D eigenvalue weighted by Gasteiger charge is -2.15. The monoisotopic (exact) mass is 227 g/mol. The van der Waals surface area contributed by atoms with Crippen LogP contribution in [0.3, 0.4) is 0 Å². The van der Waals surface area contributed by atoms with Crippen LogP contribution in [0.4, 0.5) is 0 Å². The van der Waals surface area contributed by atoms with Crippen LogP contribution in [-0.2, 0) is 4.79 Å². The van der Waals surface area contributed by atoms with E-state index in [0.717, 1.165) is 19.4 Å². The summed E-state index contributed by atoms with van der Waals surface area (Å²) in [6.07, 6.45) is 8.44. The third kappa shape index (κ3) is 4.97. The zero-order valence-electron chi connectivity index (χ0n) is 10.5. The topological polar surface area (TPSA) is 40.5 Å². The van der Waals surface area contributed by atoms with E-state index < -0.39 is 0 Å². The predicted molar refractivity (Wildman–Crippen MR) is 65.2 cm³/mol. The molecule has 0 spiro atoms. The molecule has 0 bridgehead atoms. The summed E-state index contributed by atoms with van der Waals surface area (Å²) in [6.45, 7) is 3.51. The minimum absolute atomic E-state index is 0.229. The molecule has 16 heavy (non-hydrogen) atoms. The maximum absolute atomic E-state index is 11.7. The van der Waals surface area contributed by atoms with Gasteiger partial charge in [0.1, 0.15) is 0 Å². The highest BCUT2D eigenvalue weighted by atomic mass is 16.3. The third-order valence-electron chi connectivity index (χ3n) is 3.26. The summed E-state index contributed by atoms with van der Waals surface area (Å²) in [5, 5.41) is 9.32. The maximum Gasteiger partial charge on any atom is 0.222 e. The van der Waals surface area contributed by atoms with E-state index in [9.17, 15) is 9.90 Å². The van der Waals surface area contributed by atoms with E-state index >= 15 is 0 Å². The highest BCUT2D eigenvalue weighted by Crippen LogP contribution is 2.13. The van der Waals surface area contributed by atoms with Gasteiger partial charge in [-0.15, -0.1) is 0 Å². The van der Waals surface area contributed by atoms with Crippen LogP contribution in [0.25, 0.3) is 0 Å². The minimum atomic E-state index is -0.284. The molecule has 0 aromatic carbocycles. The summed E-state index contributed by atoms with van der Waals surface area (Å²) in [6, 6.07) is 0. The number of carbonyl (C=O) groups excluding carboxylic acids is 1. The molecule has 3 nitrogen and oxygen atoms in total. The predicted octanol–water partition coefficient (Wildman–Crippen LogP) is 2.33. The molecule has 1 rings (SSSR count). The second-order valence-electron chi connectivity index (χ2n) is 4.80. The van der Waals surface area contributed by atoms with Crippen LogP contribution in [0.1, 0.15) is 58.3 Å². The quantitative estimate of drug-likeness (QED) is 0.678. The summed E-state index contributed by atoms with van der Waals surface area (Å²) in [7, 11) is 0. The molecule has 1 saturated heterocycles. The summed E-state index contributed by atoms with van der Waals surface area (Å²) >= 11 is 0. The molecule has 1 atom stereocenters. The number of likely N-dealkylation sites (tertiary alicyclic amines) is 1. The summed E-state index contributed by atoms with van der Waals surface area (Å²) in [5.74, 6) is 0.229. The van der Waals surface area contributed by atoms with E-state index in [-0.39, 0.29) is 12.0 Å². The molecule has 1 heterocycles. The van der Waals surface area contributed by atoms with Gasteiger partial charge in [0.05, 0.1) is 6.10 Å². The van der Waals surface area contributed by atoms with Gasteiger partial charge in [-0.2, -0.15) is 0 Å².